The lowest BCUT2D eigenvalue weighted by molar-refractivity contribution is -0.120. The summed E-state index contributed by atoms with van der Waals surface area (Å²) in [6.07, 6.45) is 0.153. The molecule has 5 nitrogen and oxygen atoms in total. The molecule has 2 rings (SSSR count). The number of nitrogens with one attached hydrogen (secondary N) is 1. The standard InChI is InChI=1S/C18H19FN2O3/c1-12(14-5-7-15(19)8-6-14)20-21-18(22)11-13-4-9-16(23-2)17(10-13)24-3/h4-10H,11H2,1-3H3,(H,21,22)/b20-12-. The molecule has 6 heteroatoms. The SMILES string of the molecule is COc1ccc(CC(=O)N/N=C(/C)c2ccc(F)cc2)cc1OC. The molecule has 0 atom stereocenters. The number of amides is 1. The van der Waals surface area contributed by atoms with Gasteiger partial charge in [-0.05, 0) is 42.3 Å². The number of hydrazone groups is 1. The molecule has 24 heavy (non-hydrogen) atoms. The van der Waals surface area contributed by atoms with Crippen LogP contribution in [0.1, 0.15) is 18.1 Å². The number of carbonyl (C=O) groups excluding carboxylic acids is 1. The number of carbonyl (C=O) groups is 1. The highest BCUT2D eigenvalue weighted by molar-refractivity contribution is 5.99. The molecule has 2 aromatic rings. The molecule has 1 N–H and O–H groups in total. The van der Waals surface area contributed by atoms with E-state index < -0.39 is 0 Å². The van der Waals surface area contributed by atoms with Crippen molar-refractivity contribution in [1.29, 1.82) is 0 Å². The molecule has 126 valence electrons. The van der Waals surface area contributed by atoms with Crippen LogP contribution in [0.4, 0.5) is 4.39 Å². The van der Waals surface area contributed by atoms with Gasteiger partial charge in [0, 0.05) is 0 Å². The number of hydrogen-bond donors (Lipinski definition) is 1. The van der Waals surface area contributed by atoms with Gasteiger partial charge in [-0.3, -0.25) is 4.79 Å². The summed E-state index contributed by atoms with van der Waals surface area (Å²) in [5, 5.41) is 4.04. The molecule has 0 aromatic heterocycles. The van der Waals surface area contributed by atoms with Gasteiger partial charge in [-0.2, -0.15) is 5.10 Å². The third-order valence-electron chi connectivity index (χ3n) is 3.42. The molecule has 0 saturated heterocycles. The average molecular weight is 330 g/mol. The molecule has 1 amide bonds. The van der Waals surface area contributed by atoms with Crippen LogP contribution >= 0.6 is 0 Å². The van der Waals surface area contributed by atoms with Crippen molar-refractivity contribution in [3.8, 4) is 11.5 Å². The minimum Gasteiger partial charge on any atom is -0.493 e. The summed E-state index contributed by atoms with van der Waals surface area (Å²) >= 11 is 0. The van der Waals surface area contributed by atoms with Gasteiger partial charge >= 0.3 is 0 Å². The number of hydrogen-bond acceptors (Lipinski definition) is 4. The number of halogens is 1. The molecule has 0 heterocycles. The lowest BCUT2D eigenvalue weighted by atomic mass is 10.1. The smallest absolute Gasteiger partial charge is 0.244 e. The van der Waals surface area contributed by atoms with Gasteiger partial charge in [-0.25, -0.2) is 9.82 Å². The van der Waals surface area contributed by atoms with Gasteiger partial charge in [-0.1, -0.05) is 18.2 Å². The Bertz CT molecular complexity index is 742. The predicted molar refractivity (Wildman–Crippen MR) is 90.0 cm³/mol. The Labute approximate surface area is 140 Å². The van der Waals surface area contributed by atoms with E-state index in [0.717, 1.165) is 11.1 Å². The van der Waals surface area contributed by atoms with Crippen LogP contribution in [-0.4, -0.2) is 25.8 Å². The van der Waals surface area contributed by atoms with E-state index in [1.807, 2.05) is 0 Å². The molecule has 2 aromatic carbocycles. The van der Waals surface area contributed by atoms with E-state index in [1.165, 1.54) is 19.2 Å². The number of rotatable bonds is 6. The van der Waals surface area contributed by atoms with Gasteiger partial charge in [-0.15, -0.1) is 0 Å². The van der Waals surface area contributed by atoms with Crippen molar-refractivity contribution in [3.63, 3.8) is 0 Å². The van der Waals surface area contributed by atoms with Gasteiger partial charge < -0.3 is 9.47 Å². The monoisotopic (exact) mass is 330 g/mol. The highest BCUT2D eigenvalue weighted by atomic mass is 19.1. The Morgan fingerprint density at radius 1 is 1.08 bits per heavy atom. The highest BCUT2D eigenvalue weighted by Crippen LogP contribution is 2.27. The van der Waals surface area contributed by atoms with Crippen molar-refractivity contribution in [3.05, 3.63) is 59.4 Å². The largest absolute Gasteiger partial charge is 0.493 e. The second-order valence-corrected chi connectivity index (χ2v) is 5.11. The first-order valence-electron chi connectivity index (χ1n) is 7.33. The lowest BCUT2D eigenvalue weighted by Gasteiger charge is -2.09. The summed E-state index contributed by atoms with van der Waals surface area (Å²) < 4.78 is 23.3. The minimum atomic E-state index is -0.316. The van der Waals surface area contributed by atoms with Crippen LogP contribution in [0.5, 0.6) is 11.5 Å². The molecular formula is C18H19FN2O3. The fourth-order valence-corrected chi connectivity index (χ4v) is 2.12. The summed E-state index contributed by atoms with van der Waals surface area (Å²) in [5.41, 5.74) is 4.60. The van der Waals surface area contributed by atoms with Crippen molar-refractivity contribution in [2.75, 3.05) is 14.2 Å². The molecule has 0 aliphatic rings. The molecule has 0 fully saturated rings. The maximum Gasteiger partial charge on any atom is 0.244 e. The van der Waals surface area contributed by atoms with E-state index in [2.05, 4.69) is 10.5 Å². The molecular weight excluding hydrogens is 311 g/mol. The first kappa shape index (κ1) is 17.5. The van der Waals surface area contributed by atoms with Gasteiger partial charge in [0.15, 0.2) is 11.5 Å². The molecule has 0 aliphatic heterocycles. The maximum absolute atomic E-state index is 12.9. The van der Waals surface area contributed by atoms with E-state index in [-0.39, 0.29) is 18.1 Å². The highest BCUT2D eigenvalue weighted by Gasteiger charge is 2.08. The van der Waals surface area contributed by atoms with Crippen molar-refractivity contribution in [1.82, 2.24) is 5.43 Å². The van der Waals surface area contributed by atoms with Gasteiger partial charge in [0.1, 0.15) is 5.82 Å². The van der Waals surface area contributed by atoms with Crippen LogP contribution in [0, 0.1) is 5.82 Å². The van der Waals surface area contributed by atoms with Gasteiger partial charge in [0.25, 0.3) is 0 Å². The van der Waals surface area contributed by atoms with Crippen LogP contribution < -0.4 is 14.9 Å². The van der Waals surface area contributed by atoms with Crippen LogP contribution in [0.25, 0.3) is 0 Å². The number of methoxy groups -OCH3 is 2. The average Bonchev–Trinajstić information content (AvgIpc) is 2.60. The second-order valence-electron chi connectivity index (χ2n) is 5.11. The Hall–Kier alpha value is -2.89. The van der Waals surface area contributed by atoms with E-state index in [9.17, 15) is 9.18 Å². The number of benzene rings is 2. The third-order valence-corrected chi connectivity index (χ3v) is 3.42. The summed E-state index contributed by atoms with van der Waals surface area (Å²) in [7, 11) is 3.09. The molecule has 0 radical (unpaired) electrons. The summed E-state index contributed by atoms with van der Waals surface area (Å²) in [6, 6.07) is 11.2. The zero-order valence-electron chi connectivity index (χ0n) is 13.8. The molecule has 0 unspecified atom stereocenters. The van der Waals surface area contributed by atoms with Crippen LogP contribution in [0.3, 0.4) is 0 Å². The Kier molecular flexibility index (Phi) is 5.89. The van der Waals surface area contributed by atoms with Gasteiger partial charge in [0.05, 0.1) is 26.4 Å². The fourth-order valence-electron chi connectivity index (χ4n) is 2.12. The van der Waals surface area contributed by atoms with Crippen LogP contribution in [-0.2, 0) is 11.2 Å². The van der Waals surface area contributed by atoms with E-state index in [4.69, 9.17) is 9.47 Å². The van der Waals surface area contributed by atoms with E-state index in [0.29, 0.717) is 17.2 Å². The molecule has 0 saturated carbocycles. The van der Waals surface area contributed by atoms with Gasteiger partial charge in [0.2, 0.25) is 5.91 Å². The summed E-state index contributed by atoms with van der Waals surface area (Å²) in [5.74, 6) is 0.591. The quantitative estimate of drug-likeness (QED) is 0.654. The molecule has 0 aliphatic carbocycles. The van der Waals surface area contributed by atoms with Crippen molar-refractivity contribution in [2.45, 2.75) is 13.3 Å². The Morgan fingerprint density at radius 2 is 1.75 bits per heavy atom. The number of nitrogens with zero attached hydrogens (tertiary/aromatic N) is 1. The van der Waals surface area contributed by atoms with E-state index >= 15 is 0 Å². The zero-order valence-corrected chi connectivity index (χ0v) is 13.8. The second kappa shape index (κ2) is 8.10. The minimum absolute atomic E-state index is 0.153. The molecule has 0 spiro atoms. The predicted octanol–water partition coefficient (Wildman–Crippen LogP) is 2.93. The van der Waals surface area contributed by atoms with Crippen LogP contribution in [0.2, 0.25) is 0 Å². The van der Waals surface area contributed by atoms with Crippen LogP contribution in [0.15, 0.2) is 47.6 Å². The Morgan fingerprint density at radius 3 is 2.38 bits per heavy atom. The van der Waals surface area contributed by atoms with Crippen molar-refractivity contribution >= 4 is 11.6 Å². The van der Waals surface area contributed by atoms with Crippen molar-refractivity contribution < 1.29 is 18.7 Å². The normalized spacial score (nSPS) is 11.1. The first-order valence-corrected chi connectivity index (χ1v) is 7.33. The number of ether oxygens (including phenoxy) is 2. The molecule has 0 bridgehead atoms. The zero-order chi connectivity index (χ0) is 17.5. The topological polar surface area (TPSA) is 59.9 Å². The third kappa shape index (κ3) is 4.55. The van der Waals surface area contributed by atoms with E-state index in [1.54, 1.807) is 44.4 Å². The first-order chi connectivity index (χ1) is 11.5. The Balaban J connectivity index is 2.00. The van der Waals surface area contributed by atoms with Crippen molar-refractivity contribution in [2.24, 2.45) is 5.10 Å². The lowest BCUT2D eigenvalue weighted by Crippen LogP contribution is -2.21. The summed E-state index contributed by atoms with van der Waals surface area (Å²) in [4.78, 5) is 12.0. The maximum atomic E-state index is 12.9. The fraction of sp³-hybridized carbons (Fsp3) is 0.222. The summed E-state index contributed by atoms with van der Waals surface area (Å²) in [6.45, 7) is 1.74.